The van der Waals surface area contributed by atoms with Crippen molar-refractivity contribution in [1.82, 2.24) is 0 Å². The summed E-state index contributed by atoms with van der Waals surface area (Å²) in [6.45, 7) is 4.32. The third kappa shape index (κ3) is 147. The van der Waals surface area contributed by atoms with Crippen LogP contribution in [0.15, 0.2) is 152 Å². The number of rotatable bonds is 7. The normalized spacial score (nSPS) is 8.05. The first-order valence-electron chi connectivity index (χ1n) is 19.4. The van der Waals surface area contributed by atoms with Gasteiger partial charge in [0, 0.05) is 59.0 Å². The van der Waals surface area contributed by atoms with Crippen LogP contribution >= 0.6 is 67.6 Å². The molecule has 0 aromatic heterocycles. The molecule has 0 saturated carbocycles. The van der Waals surface area contributed by atoms with Gasteiger partial charge in [-0.3, -0.25) is 40.5 Å². The van der Waals surface area contributed by atoms with Crippen LogP contribution in [0, 0.1) is 40.5 Å². The molecule has 0 aliphatic rings. The van der Waals surface area contributed by atoms with Gasteiger partial charge in [-0.1, -0.05) is 195 Å². The minimum absolute atomic E-state index is 0. The van der Waals surface area contributed by atoms with Gasteiger partial charge in [0.2, 0.25) is 18.3 Å². The fraction of sp³-hybridized carbons (Fsp3) is 0.348. The maximum atomic E-state index is 10.6. The number of hydrogen-bond donors (Lipinski definition) is 1. The molecule has 0 heterocycles. The Balaban J connectivity index is -0.0000000413. The van der Waals surface area contributed by atoms with Crippen molar-refractivity contribution in [3.63, 3.8) is 0 Å². The molecule has 0 atom stereocenters. The van der Waals surface area contributed by atoms with Gasteiger partial charge in [0.05, 0.1) is 21.6 Å². The third-order valence-electron chi connectivity index (χ3n) is 5.87. The Kier molecular flexibility index (Phi) is 123. The maximum Gasteiger partial charge on any atom is 1.00 e. The molecule has 0 bridgehead atoms. The van der Waals surface area contributed by atoms with Gasteiger partial charge in [0.25, 0.3) is 0 Å². The minimum Gasteiger partial charge on any atom is -0.917 e. The molecule has 5 rings (SSSR count). The summed E-state index contributed by atoms with van der Waals surface area (Å²) in [6, 6.07) is 48.1. The SMILES string of the molecule is C.C.C.C.CCc1ccccc1.CCc1ccccc1.CN.C[N+](=O)[O-].C[N+](=O)[O-].C[N+](=O)[O-].C[N+](=O)[O-].ClCc1ccccc1.I.O=S(=O)(Cl)Cc1ccccc1.O=S(=O)([O-])Cc1ccccc1.O=S(Cl)Cl.O=[S-](=O)[O-].[HH].[Na+].[Na+].[Na+]. The van der Waals surface area contributed by atoms with Gasteiger partial charge < -0.3 is 23.3 Å². The molecule has 0 amide bonds. The zero-order valence-electron chi connectivity index (χ0n) is 43.3. The number of nitrogens with zero attached hydrogens (tertiary/aromatic N) is 4. The first kappa shape index (κ1) is 117. The van der Waals surface area contributed by atoms with Crippen LogP contribution in [0.2, 0.25) is 0 Å². The van der Waals surface area contributed by atoms with Crippen molar-refractivity contribution in [3.8, 4) is 0 Å². The largest absolute Gasteiger partial charge is 1.00 e. The number of alkyl halides is 1. The van der Waals surface area contributed by atoms with Crippen LogP contribution in [0.25, 0.3) is 0 Å². The van der Waals surface area contributed by atoms with E-state index in [1.165, 1.54) is 23.7 Å². The molecular formula is C46H77Cl4IN5Na3O17S4. The van der Waals surface area contributed by atoms with Gasteiger partial charge in [0.1, 0.15) is 0 Å². The fourth-order valence-corrected chi connectivity index (χ4v) is 5.29. The Morgan fingerprint density at radius 1 is 0.500 bits per heavy atom. The number of nitro groups is 4. The van der Waals surface area contributed by atoms with Crippen LogP contribution < -0.4 is 94.4 Å². The second kappa shape index (κ2) is 83.9. The number of hydrogen-bond acceptors (Lipinski definition) is 19. The monoisotopic (exact) mass is 1440 g/mol. The van der Waals surface area contributed by atoms with E-state index in [4.69, 9.17) is 79.9 Å². The zero-order valence-corrected chi connectivity index (χ0v) is 57.9. The molecule has 0 radical (unpaired) electrons. The first-order chi connectivity index (χ1) is 33.3. The predicted octanol–water partition coefficient (Wildman–Crippen LogP) is 3.45. The topological polar surface area (TPSA) is 364 Å². The van der Waals surface area contributed by atoms with Crippen LogP contribution in [-0.2, 0) is 78.0 Å². The van der Waals surface area contributed by atoms with E-state index < -0.39 is 64.8 Å². The van der Waals surface area contributed by atoms with Gasteiger partial charge in [-0.25, -0.2) is 21.0 Å². The molecule has 2 N–H and O–H groups in total. The zero-order chi connectivity index (χ0) is 57.6. The Morgan fingerprint density at radius 2 is 0.650 bits per heavy atom. The molecule has 0 unspecified atom stereocenters. The van der Waals surface area contributed by atoms with E-state index in [2.05, 4.69) is 89.5 Å². The third-order valence-corrected chi connectivity index (χ3v) is 7.87. The average Bonchev–Trinajstić information content (AvgIpc) is 3.27. The Morgan fingerprint density at radius 3 is 0.762 bits per heavy atom. The average molecular weight is 1440 g/mol. The van der Waals surface area contributed by atoms with E-state index in [-0.39, 0.29) is 150 Å². The molecule has 450 valence electrons. The van der Waals surface area contributed by atoms with Crippen molar-refractivity contribution >= 4 is 107 Å². The van der Waals surface area contributed by atoms with Crippen LogP contribution in [0.4, 0.5) is 0 Å². The number of benzene rings is 5. The molecule has 0 aliphatic carbocycles. The van der Waals surface area contributed by atoms with Crippen molar-refractivity contribution in [2.45, 2.75) is 73.8 Å². The molecule has 0 saturated heterocycles. The van der Waals surface area contributed by atoms with E-state index in [9.17, 15) is 21.4 Å². The van der Waals surface area contributed by atoms with Crippen molar-refractivity contribution < 1.29 is 148 Å². The van der Waals surface area contributed by atoms with Crippen molar-refractivity contribution in [2.24, 2.45) is 5.73 Å². The Bertz CT molecular complexity index is 2170. The van der Waals surface area contributed by atoms with Gasteiger partial charge >= 0.3 is 88.7 Å². The Hall–Kier alpha value is -1.53. The summed E-state index contributed by atoms with van der Waals surface area (Å²) in [7, 11) is 6.81. The molecule has 22 nitrogen and oxygen atoms in total. The van der Waals surface area contributed by atoms with Gasteiger partial charge in [-0.2, -0.15) is 11.0 Å². The Labute approximate surface area is 582 Å². The second-order valence-electron chi connectivity index (χ2n) is 11.8. The summed E-state index contributed by atoms with van der Waals surface area (Å²) in [5.74, 6) is 0.0874. The summed E-state index contributed by atoms with van der Waals surface area (Å²) in [4.78, 5) is 33.2. The van der Waals surface area contributed by atoms with Crippen LogP contribution in [0.5, 0.6) is 0 Å². The molecule has 5 aromatic rings. The maximum absolute atomic E-state index is 10.6. The smallest absolute Gasteiger partial charge is 0.917 e. The summed E-state index contributed by atoms with van der Waals surface area (Å²) in [5.41, 5.74) is 9.74. The van der Waals surface area contributed by atoms with E-state index in [1.807, 2.05) is 48.5 Å². The molecule has 0 fully saturated rings. The molecule has 0 aliphatic heterocycles. The summed E-state index contributed by atoms with van der Waals surface area (Å²) >= 11 is 5.53. The first-order valence-corrected chi connectivity index (χ1v) is 27.8. The molecule has 0 spiro atoms. The number of halogens is 5. The second-order valence-corrected chi connectivity index (χ2v) is 19.2. The number of aryl methyl sites for hydroxylation is 2. The van der Waals surface area contributed by atoms with Crippen molar-refractivity contribution in [3.05, 3.63) is 220 Å². The van der Waals surface area contributed by atoms with E-state index in [1.54, 1.807) is 54.6 Å². The summed E-state index contributed by atoms with van der Waals surface area (Å²) in [5, 5.41) is 35.2. The van der Waals surface area contributed by atoms with E-state index >= 15 is 0 Å². The van der Waals surface area contributed by atoms with Crippen LogP contribution in [-0.4, -0.2) is 85.1 Å². The number of nitrogens with two attached hydrogens (primary N) is 1. The van der Waals surface area contributed by atoms with Gasteiger partial charge in [-0.15, -0.1) is 35.6 Å². The van der Waals surface area contributed by atoms with Crippen molar-refractivity contribution in [2.75, 3.05) is 35.2 Å². The summed E-state index contributed by atoms with van der Waals surface area (Å²) < 4.78 is 86.3. The van der Waals surface area contributed by atoms with E-state index in [0.717, 1.165) is 41.0 Å². The van der Waals surface area contributed by atoms with Gasteiger partial charge in [0.15, 0.2) is 28.2 Å². The van der Waals surface area contributed by atoms with E-state index in [0.29, 0.717) is 17.0 Å². The predicted molar refractivity (Wildman–Crippen MR) is 328 cm³/mol. The standard InChI is InChI=1S/2C8H10.C7H7ClO2S.C7H7Cl.C7H8O3S.4CH3NO2.CH5N.4CH4.Cl2OS.HI.3Na.O3S.H2/c2*1-2-8-6-4-3-5-7-8;8-11(9,10)6-7-4-2-1-3-5-7;8-6-7-4-2-1-3-5-7;8-11(9,10)6-7-4-2-1-3-5-7;4*1-2(3)4;1-2;;;;;1-4(2)3;;;;;1-4(2)3;/h2*3-7H,2H2,1H3;1-5H,6H2;1-5H,6H2;1-5H,6H2,(H,8,9,10);4*1H3;2H2,1H3;4*1H4;;1H;;;;;1H/q;;;;;;;;;;;;;;;;3*+1;-2;/p-1. The summed E-state index contributed by atoms with van der Waals surface area (Å²) in [6.07, 6.45) is 2.28. The van der Waals surface area contributed by atoms with Crippen LogP contribution in [0.3, 0.4) is 0 Å². The molecule has 34 heteroatoms. The molecule has 5 aromatic carbocycles. The molecular weight excluding hydrogens is 1360 g/mol. The quantitative estimate of drug-likeness (QED) is 0.0281. The van der Waals surface area contributed by atoms with Crippen molar-refractivity contribution in [1.29, 1.82) is 0 Å². The minimum atomic E-state index is -4.13. The van der Waals surface area contributed by atoms with Crippen LogP contribution in [0.1, 0.15) is 72.8 Å². The van der Waals surface area contributed by atoms with Gasteiger partial charge in [-0.05, 0) is 47.7 Å². The molecule has 80 heavy (non-hydrogen) atoms. The fourth-order valence-electron chi connectivity index (χ4n) is 3.55.